The monoisotopic (exact) mass is 264 g/mol. The number of hydrogen-bond acceptors (Lipinski definition) is 5. The van der Waals surface area contributed by atoms with Crippen molar-refractivity contribution in [3.8, 4) is 0 Å². The van der Waals surface area contributed by atoms with Gasteiger partial charge in [0.05, 0.1) is 18.1 Å². The Morgan fingerprint density at radius 2 is 2.00 bits per heavy atom. The summed E-state index contributed by atoms with van der Waals surface area (Å²) in [4.78, 5) is 24.2. The minimum Gasteiger partial charge on any atom is -0.380 e. The van der Waals surface area contributed by atoms with Crippen molar-refractivity contribution in [2.24, 2.45) is 0 Å². The Kier molecular flexibility index (Phi) is 4.59. The van der Waals surface area contributed by atoms with E-state index in [2.05, 4.69) is 4.90 Å². The van der Waals surface area contributed by atoms with Crippen LogP contribution in [0.15, 0.2) is 24.3 Å². The molecular weight excluding hydrogens is 248 g/mol. The van der Waals surface area contributed by atoms with Crippen LogP contribution in [-0.2, 0) is 4.74 Å². The van der Waals surface area contributed by atoms with Crippen molar-refractivity contribution in [1.29, 1.82) is 0 Å². The average Bonchev–Trinajstić information content (AvgIpc) is 2.67. The largest absolute Gasteiger partial charge is 0.380 e. The highest BCUT2D eigenvalue weighted by molar-refractivity contribution is 5.97. The van der Waals surface area contributed by atoms with E-state index < -0.39 is 4.92 Å². The maximum Gasteiger partial charge on any atom is 0.269 e. The van der Waals surface area contributed by atoms with Crippen LogP contribution in [0.1, 0.15) is 16.8 Å². The fourth-order valence-corrected chi connectivity index (χ4v) is 2.02. The molecule has 1 heterocycles. The van der Waals surface area contributed by atoms with Gasteiger partial charge in [0, 0.05) is 37.4 Å². The number of benzene rings is 1. The van der Waals surface area contributed by atoms with Gasteiger partial charge in [0.2, 0.25) is 0 Å². The van der Waals surface area contributed by atoms with Crippen LogP contribution < -0.4 is 0 Å². The lowest BCUT2D eigenvalue weighted by molar-refractivity contribution is -0.384. The van der Waals surface area contributed by atoms with E-state index >= 15 is 0 Å². The van der Waals surface area contributed by atoms with E-state index in [-0.39, 0.29) is 11.5 Å². The number of nitro groups is 1. The molecular formula is C13H16N2O4. The maximum absolute atomic E-state index is 12.1. The molecule has 19 heavy (non-hydrogen) atoms. The summed E-state index contributed by atoms with van der Waals surface area (Å²) in [6.07, 6.45) is 0.924. The number of rotatable bonds is 4. The summed E-state index contributed by atoms with van der Waals surface area (Å²) >= 11 is 0. The number of hydrogen-bond donors (Lipinski definition) is 0. The Hall–Kier alpha value is -1.79. The molecule has 1 fully saturated rings. The van der Waals surface area contributed by atoms with E-state index in [1.807, 2.05) is 0 Å². The summed E-state index contributed by atoms with van der Waals surface area (Å²) in [5.74, 6) is -0.0169. The molecule has 1 aromatic carbocycles. The fourth-order valence-electron chi connectivity index (χ4n) is 2.02. The van der Waals surface area contributed by atoms with E-state index in [0.29, 0.717) is 18.7 Å². The Labute approximate surface area is 111 Å². The molecule has 0 radical (unpaired) electrons. The van der Waals surface area contributed by atoms with Gasteiger partial charge in [-0.25, -0.2) is 0 Å². The molecule has 2 rings (SSSR count). The highest BCUT2D eigenvalue weighted by Crippen LogP contribution is 2.13. The van der Waals surface area contributed by atoms with Crippen molar-refractivity contribution in [1.82, 2.24) is 4.90 Å². The van der Waals surface area contributed by atoms with Crippen molar-refractivity contribution < 1.29 is 14.5 Å². The minimum atomic E-state index is -0.472. The molecule has 0 N–H and O–H groups in total. The first kappa shape index (κ1) is 13.6. The second-order valence-corrected chi connectivity index (χ2v) is 4.47. The zero-order chi connectivity index (χ0) is 13.7. The molecule has 6 heteroatoms. The van der Waals surface area contributed by atoms with Gasteiger partial charge in [-0.3, -0.25) is 19.8 Å². The summed E-state index contributed by atoms with van der Waals surface area (Å²) in [5, 5.41) is 10.5. The number of Topliss-reactive ketones (excluding diaryl/α,β-unsaturated/α-hetero) is 1. The number of non-ortho nitro benzene ring substituents is 1. The average molecular weight is 264 g/mol. The SMILES string of the molecule is O=C(CN1CCCOCC1)c1ccc([N+](=O)[O-])cc1. The molecule has 1 aliphatic rings. The van der Waals surface area contributed by atoms with E-state index in [9.17, 15) is 14.9 Å². The summed E-state index contributed by atoms with van der Waals surface area (Å²) in [6.45, 7) is 3.31. The highest BCUT2D eigenvalue weighted by atomic mass is 16.6. The van der Waals surface area contributed by atoms with E-state index in [4.69, 9.17) is 4.74 Å². The third-order valence-electron chi connectivity index (χ3n) is 3.08. The quantitative estimate of drug-likeness (QED) is 0.468. The van der Waals surface area contributed by atoms with Crippen LogP contribution in [0, 0.1) is 10.1 Å². The van der Waals surface area contributed by atoms with Gasteiger partial charge >= 0.3 is 0 Å². The van der Waals surface area contributed by atoms with Crippen molar-refractivity contribution in [3.63, 3.8) is 0 Å². The molecule has 102 valence electrons. The van der Waals surface area contributed by atoms with Crippen LogP contribution in [0.2, 0.25) is 0 Å². The molecule has 1 saturated heterocycles. The first-order valence-electron chi connectivity index (χ1n) is 6.24. The van der Waals surface area contributed by atoms with Crippen molar-refractivity contribution in [2.45, 2.75) is 6.42 Å². The molecule has 0 atom stereocenters. The molecule has 0 unspecified atom stereocenters. The standard InChI is InChI=1S/C13H16N2O4/c16-13(10-14-6-1-8-19-9-7-14)11-2-4-12(5-3-11)15(17)18/h2-5H,1,6-10H2. The zero-order valence-corrected chi connectivity index (χ0v) is 10.6. The molecule has 0 aromatic heterocycles. The van der Waals surface area contributed by atoms with Crippen LogP contribution in [0.5, 0.6) is 0 Å². The van der Waals surface area contributed by atoms with E-state index in [1.54, 1.807) is 0 Å². The van der Waals surface area contributed by atoms with Crippen molar-refractivity contribution >= 4 is 11.5 Å². The van der Waals surface area contributed by atoms with Crippen LogP contribution in [0.3, 0.4) is 0 Å². The first-order chi connectivity index (χ1) is 9.16. The number of ether oxygens (including phenoxy) is 1. The van der Waals surface area contributed by atoms with E-state index in [0.717, 1.165) is 26.1 Å². The van der Waals surface area contributed by atoms with Crippen LogP contribution in [0.25, 0.3) is 0 Å². The molecule has 0 bridgehead atoms. The second-order valence-electron chi connectivity index (χ2n) is 4.47. The van der Waals surface area contributed by atoms with Gasteiger partial charge in [0.25, 0.3) is 5.69 Å². The van der Waals surface area contributed by atoms with Crippen molar-refractivity contribution in [3.05, 3.63) is 39.9 Å². The maximum atomic E-state index is 12.1. The molecule has 1 aromatic rings. The summed E-state index contributed by atoms with van der Waals surface area (Å²) in [6, 6.07) is 5.74. The molecule has 0 aliphatic carbocycles. The smallest absolute Gasteiger partial charge is 0.269 e. The van der Waals surface area contributed by atoms with Gasteiger partial charge in [-0.2, -0.15) is 0 Å². The summed E-state index contributed by atoms with van der Waals surface area (Å²) in [7, 11) is 0. The lowest BCUT2D eigenvalue weighted by Crippen LogP contribution is -2.32. The summed E-state index contributed by atoms with van der Waals surface area (Å²) in [5.41, 5.74) is 0.510. The third-order valence-corrected chi connectivity index (χ3v) is 3.08. The highest BCUT2D eigenvalue weighted by Gasteiger charge is 2.15. The first-order valence-corrected chi connectivity index (χ1v) is 6.24. The Bertz CT molecular complexity index is 450. The Morgan fingerprint density at radius 3 is 2.68 bits per heavy atom. The van der Waals surface area contributed by atoms with Gasteiger partial charge in [0.15, 0.2) is 5.78 Å². The molecule has 0 saturated carbocycles. The van der Waals surface area contributed by atoms with Gasteiger partial charge < -0.3 is 4.74 Å². The fraction of sp³-hybridized carbons (Fsp3) is 0.462. The van der Waals surface area contributed by atoms with Gasteiger partial charge in [-0.15, -0.1) is 0 Å². The number of nitrogens with zero attached hydrogens (tertiary/aromatic N) is 2. The Morgan fingerprint density at radius 1 is 1.26 bits per heavy atom. The summed E-state index contributed by atoms with van der Waals surface area (Å²) < 4.78 is 5.33. The molecule has 0 amide bonds. The van der Waals surface area contributed by atoms with Gasteiger partial charge in [0.1, 0.15) is 0 Å². The lowest BCUT2D eigenvalue weighted by Gasteiger charge is -2.17. The minimum absolute atomic E-state index is 0.000257. The number of ketones is 1. The number of nitro benzene ring substituents is 1. The third kappa shape index (κ3) is 3.84. The van der Waals surface area contributed by atoms with Gasteiger partial charge in [-0.05, 0) is 18.6 Å². The zero-order valence-electron chi connectivity index (χ0n) is 10.6. The Balaban J connectivity index is 1.96. The van der Waals surface area contributed by atoms with Crippen molar-refractivity contribution in [2.75, 3.05) is 32.8 Å². The second kappa shape index (κ2) is 6.40. The topological polar surface area (TPSA) is 72.7 Å². The lowest BCUT2D eigenvalue weighted by atomic mass is 10.1. The van der Waals surface area contributed by atoms with Crippen LogP contribution in [-0.4, -0.2) is 48.5 Å². The van der Waals surface area contributed by atoms with E-state index in [1.165, 1.54) is 24.3 Å². The normalized spacial score (nSPS) is 16.8. The predicted octanol–water partition coefficient (Wildman–Crippen LogP) is 1.50. The van der Waals surface area contributed by atoms with Gasteiger partial charge in [-0.1, -0.05) is 0 Å². The molecule has 6 nitrogen and oxygen atoms in total. The predicted molar refractivity (Wildman–Crippen MR) is 69.3 cm³/mol. The van der Waals surface area contributed by atoms with Crippen LogP contribution in [0.4, 0.5) is 5.69 Å². The van der Waals surface area contributed by atoms with Crippen LogP contribution >= 0.6 is 0 Å². The molecule has 1 aliphatic heterocycles. The molecule has 0 spiro atoms. The number of carbonyl (C=O) groups is 1. The number of carbonyl (C=O) groups excluding carboxylic acids is 1.